The number of aromatic nitrogens is 2. The number of fused-ring (bicyclic) bond motifs is 4. The Balaban J connectivity index is 1.13. The Bertz CT molecular complexity index is 1370. The van der Waals surface area contributed by atoms with Crippen LogP contribution >= 0.6 is 0 Å². The number of ether oxygens (including phenoxy) is 1. The van der Waals surface area contributed by atoms with Gasteiger partial charge < -0.3 is 15.0 Å². The van der Waals surface area contributed by atoms with E-state index in [-0.39, 0.29) is 23.9 Å². The van der Waals surface area contributed by atoms with E-state index in [1.165, 1.54) is 16.7 Å². The molecule has 1 aromatic heterocycles. The normalized spacial score (nSPS) is 20.9. The lowest BCUT2D eigenvalue weighted by Gasteiger charge is -2.29. The first-order valence-corrected chi connectivity index (χ1v) is 12.2. The third kappa shape index (κ3) is 4.29. The number of carbonyl (C=O) groups is 1. The number of anilines is 1. The van der Waals surface area contributed by atoms with Gasteiger partial charge in [-0.25, -0.2) is 15.8 Å². The van der Waals surface area contributed by atoms with Crippen molar-refractivity contribution in [3.63, 3.8) is 0 Å². The van der Waals surface area contributed by atoms with E-state index < -0.39 is 0 Å². The second-order valence-electron chi connectivity index (χ2n) is 9.40. The van der Waals surface area contributed by atoms with E-state index in [0.717, 1.165) is 54.0 Å². The topological polar surface area (TPSA) is 91.1 Å². The Morgan fingerprint density at radius 3 is 2.80 bits per heavy atom. The summed E-state index contributed by atoms with van der Waals surface area (Å²) in [7, 11) is 1.69. The van der Waals surface area contributed by atoms with Crippen molar-refractivity contribution in [3.8, 4) is 5.75 Å². The van der Waals surface area contributed by atoms with Crippen LogP contribution in [0, 0.1) is 5.92 Å². The van der Waals surface area contributed by atoms with Crippen molar-refractivity contribution in [3.05, 3.63) is 89.2 Å². The van der Waals surface area contributed by atoms with Crippen molar-refractivity contribution in [2.24, 2.45) is 5.92 Å². The van der Waals surface area contributed by atoms with Gasteiger partial charge in [-0.3, -0.25) is 4.79 Å². The molecule has 178 valence electrons. The molecular weight excluding hydrogens is 438 g/mol. The maximum Gasteiger partial charge on any atom is 0.243 e. The highest BCUT2D eigenvalue weighted by molar-refractivity contribution is 5.97. The Kier molecular flexibility index (Phi) is 5.72. The first-order chi connectivity index (χ1) is 17.2. The monoisotopic (exact) mass is 467 g/mol. The predicted octanol–water partition coefficient (Wildman–Crippen LogP) is 4.08. The molecule has 7 heteroatoms. The molecule has 2 aliphatic rings. The Morgan fingerprint density at radius 1 is 1.06 bits per heavy atom. The third-order valence-corrected chi connectivity index (χ3v) is 7.26. The summed E-state index contributed by atoms with van der Waals surface area (Å²) in [4.78, 5) is 21.4. The van der Waals surface area contributed by atoms with Crippen molar-refractivity contribution in [2.75, 3.05) is 12.4 Å². The van der Waals surface area contributed by atoms with E-state index >= 15 is 0 Å². The van der Waals surface area contributed by atoms with Crippen LogP contribution in [0.5, 0.6) is 5.75 Å². The van der Waals surface area contributed by atoms with Crippen LogP contribution < -0.4 is 20.9 Å². The summed E-state index contributed by atoms with van der Waals surface area (Å²) >= 11 is 0. The van der Waals surface area contributed by atoms with E-state index in [4.69, 9.17) is 9.72 Å². The highest BCUT2D eigenvalue weighted by Gasteiger charge is 2.43. The van der Waals surface area contributed by atoms with Crippen LogP contribution in [-0.2, 0) is 24.1 Å². The van der Waals surface area contributed by atoms with E-state index in [1.54, 1.807) is 7.11 Å². The van der Waals surface area contributed by atoms with Gasteiger partial charge in [0, 0.05) is 18.0 Å². The van der Waals surface area contributed by atoms with Crippen LogP contribution in [0.3, 0.4) is 0 Å². The number of hydrogen-bond donors (Lipinski definition) is 4. The zero-order valence-electron chi connectivity index (χ0n) is 19.7. The van der Waals surface area contributed by atoms with Gasteiger partial charge in [-0.05, 0) is 66.3 Å². The van der Waals surface area contributed by atoms with Crippen LogP contribution in [0.1, 0.15) is 35.0 Å². The van der Waals surface area contributed by atoms with E-state index in [0.29, 0.717) is 0 Å². The van der Waals surface area contributed by atoms with Gasteiger partial charge in [0.15, 0.2) is 0 Å². The van der Waals surface area contributed by atoms with Crippen LogP contribution in [0.2, 0.25) is 0 Å². The third-order valence-electron chi connectivity index (χ3n) is 7.26. The lowest BCUT2D eigenvalue weighted by Crippen LogP contribution is -2.42. The molecule has 1 fully saturated rings. The van der Waals surface area contributed by atoms with Crippen LogP contribution in [0.25, 0.3) is 11.0 Å². The van der Waals surface area contributed by atoms with Gasteiger partial charge in [0.05, 0.1) is 24.2 Å². The molecule has 6 rings (SSSR count). The second-order valence-corrected chi connectivity index (χ2v) is 9.40. The quantitative estimate of drug-likeness (QED) is 0.343. The molecule has 4 aromatic rings. The fourth-order valence-corrected chi connectivity index (χ4v) is 5.42. The van der Waals surface area contributed by atoms with Gasteiger partial charge in [-0.2, -0.15) is 0 Å². The van der Waals surface area contributed by atoms with Gasteiger partial charge in [-0.15, -0.1) is 0 Å². The van der Waals surface area contributed by atoms with E-state index in [1.807, 2.05) is 30.3 Å². The summed E-state index contributed by atoms with van der Waals surface area (Å²) < 4.78 is 5.38. The molecule has 35 heavy (non-hydrogen) atoms. The lowest BCUT2D eigenvalue weighted by atomic mass is 9.77. The molecule has 1 amide bonds. The molecule has 0 spiro atoms. The largest absolute Gasteiger partial charge is 0.497 e. The average molecular weight is 468 g/mol. The molecule has 0 bridgehead atoms. The van der Waals surface area contributed by atoms with E-state index in [2.05, 4.69) is 57.6 Å². The van der Waals surface area contributed by atoms with Crippen molar-refractivity contribution in [1.82, 2.24) is 20.8 Å². The van der Waals surface area contributed by atoms with Crippen LogP contribution in [-0.4, -0.2) is 29.0 Å². The van der Waals surface area contributed by atoms with Crippen molar-refractivity contribution < 1.29 is 9.53 Å². The van der Waals surface area contributed by atoms with Crippen LogP contribution in [0.15, 0.2) is 66.7 Å². The number of carbonyl (C=O) groups excluding carboxylic acids is 1. The molecule has 1 aliphatic heterocycles. The van der Waals surface area contributed by atoms with Crippen molar-refractivity contribution in [2.45, 2.75) is 37.8 Å². The highest BCUT2D eigenvalue weighted by Crippen LogP contribution is 2.40. The SMILES string of the molecule is COc1ccc2c(c1)CCC1C(C(=O)Nc3ccc4nc(CCc5ccccc5)[nH]c4c3)NNC21. The number of amides is 1. The number of aryl methyl sites for hydroxylation is 3. The fraction of sp³-hybridized carbons (Fsp3) is 0.286. The molecule has 3 atom stereocenters. The Labute approximate surface area is 204 Å². The summed E-state index contributed by atoms with van der Waals surface area (Å²) in [6.45, 7) is 0. The number of H-pyrrole nitrogens is 1. The number of imidazole rings is 1. The number of nitrogens with zero attached hydrogens (tertiary/aromatic N) is 1. The van der Waals surface area contributed by atoms with Gasteiger partial charge >= 0.3 is 0 Å². The number of rotatable bonds is 6. The molecule has 0 radical (unpaired) electrons. The maximum atomic E-state index is 13.2. The molecule has 3 unspecified atom stereocenters. The van der Waals surface area contributed by atoms with Gasteiger partial charge in [0.1, 0.15) is 17.6 Å². The number of benzene rings is 3. The summed E-state index contributed by atoms with van der Waals surface area (Å²) in [5.41, 5.74) is 13.0. The van der Waals surface area contributed by atoms with Crippen molar-refractivity contribution in [1.29, 1.82) is 0 Å². The van der Waals surface area contributed by atoms with E-state index in [9.17, 15) is 4.79 Å². The van der Waals surface area contributed by atoms with Gasteiger partial charge in [0.25, 0.3) is 0 Å². The Hall–Kier alpha value is -3.68. The number of aromatic amines is 1. The molecule has 1 saturated heterocycles. The highest BCUT2D eigenvalue weighted by atomic mass is 16.5. The fourth-order valence-electron chi connectivity index (χ4n) is 5.42. The minimum atomic E-state index is -0.297. The maximum absolute atomic E-state index is 13.2. The number of hydrazine groups is 1. The average Bonchev–Trinajstić information content (AvgIpc) is 3.51. The minimum absolute atomic E-state index is 0.0230. The summed E-state index contributed by atoms with van der Waals surface area (Å²) in [6, 6.07) is 22.3. The number of hydrogen-bond acceptors (Lipinski definition) is 5. The second kappa shape index (κ2) is 9.17. The molecule has 2 heterocycles. The molecule has 1 aliphatic carbocycles. The van der Waals surface area contributed by atoms with Gasteiger partial charge in [-0.1, -0.05) is 36.4 Å². The molecular formula is C28H29N5O2. The Morgan fingerprint density at radius 2 is 1.94 bits per heavy atom. The zero-order chi connectivity index (χ0) is 23.8. The standard InChI is InChI=1S/C28H29N5O2/c1-35-20-10-12-21-18(15-20)8-11-22-26(21)32-33-27(22)28(34)29-19-9-13-23-24(16-19)31-25(30-23)14-7-17-5-3-2-4-6-17/h2-6,9-10,12-13,15-16,22,26-27,32-33H,7-8,11,14H2,1H3,(H,29,34)(H,30,31). The lowest BCUT2D eigenvalue weighted by molar-refractivity contribution is -0.118. The number of methoxy groups -OCH3 is 1. The number of nitrogens with one attached hydrogen (secondary N) is 4. The summed E-state index contributed by atoms with van der Waals surface area (Å²) in [6.07, 6.45) is 3.65. The minimum Gasteiger partial charge on any atom is -0.497 e. The van der Waals surface area contributed by atoms with Gasteiger partial charge in [0.2, 0.25) is 5.91 Å². The first kappa shape index (κ1) is 21.8. The summed E-state index contributed by atoms with van der Waals surface area (Å²) in [5.74, 6) is 2.00. The van der Waals surface area contributed by atoms with Crippen molar-refractivity contribution >= 4 is 22.6 Å². The zero-order valence-corrected chi connectivity index (χ0v) is 19.7. The predicted molar refractivity (Wildman–Crippen MR) is 136 cm³/mol. The molecule has 7 nitrogen and oxygen atoms in total. The van der Waals surface area contributed by atoms with Crippen LogP contribution in [0.4, 0.5) is 5.69 Å². The smallest absolute Gasteiger partial charge is 0.243 e. The molecule has 3 aromatic carbocycles. The molecule has 4 N–H and O–H groups in total. The molecule has 0 saturated carbocycles. The summed E-state index contributed by atoms with van der Waals surface area (Å²) in [5, 5.41) is 3.11. The first-order valence-electron chi connectivity index (χ1n) is 12.2.